The summed E-state index contributed by atoms with van der Waals surface area (Å²) in [6.45, 7) is 0.365. The fourth-order valence-corrected chi connectivity index (χ4v) is 3.05. The van der Waals surface area contributed by atoms with Crippen molar-refractivity contribution < 1.29 is 19.5 Å². The van der Waals surface area contributed by atoms with Gasteiger partial charge in [0.25, 0.3) is 0 Å². The molecule has 1 heterocycles. The zero-order chi connectivity index (χ0) is 16.0. The molecule has 1 aromatic rings. The fraction of sp³-hybridized carbons (Fsp3) is 0.417. The van der Waals surface area contributed by atoms with Crippen molar-refractivity contribution in [2.75, 3.05) is 7.05 Å². The first-order valence-electron chi connectivity index (χ1n) is 6.05. The predicted octanol–water partition coefficient (Wildman–Crippen LogP) is 1.37. The third-order valence-electron chi connectivity index (χ3n) is 2.64. The number of carbonyl (C=O) groups excluding carboxylic acids is 2. The number of nitrogens with two attached hydrogens (primary N) is 1. The average Bonchev–Trinajstić information content (AvgIpc) is 2.78. The zero-order valence-electron chi connectivity index (χ0n) is 11.3. The summed E-state index contributed by atoms with van der Waals surface area (Å²) in [6.07, 6.45) is -0.131. The number of halogens is 1. The van der Waals surface area contributed by atoms with E-state index in [1.54, 1.807) is 7.05 Å². The van der Waals surface area contributed by atoms with Gasteiger partial charge in [-0.05, 0) is 28.4 Å². The van der Waals surface area contributed by atoms with Crippen molar-refractivity contribution >= 4 is 45.2 Å². The van der Waals surface area contributed by atoms with Gasteiger partial charge in [-0.25, -0.2) is 9.59 Å². The first kappa shape index (κ1) is 17.4. The smallest absolute Gasteiger partial charge is 0.326 e. The van der Waals surface area contributed by atoms with Crippen LogP contribution in [0, 0.1) is 0 Å². The highest BCUT2D eigenvalue weighted by Crippen LogP contribution is 2.20. The number of hydrogen-bond donors (Lipinski definition) is 3. The van der Waals surface area contributed by atoms with E-state index in [1.807, 2.05) is 11.4 Å². The molecule has 1 atom stereocenters. The molecular formula is C12H16BrN3O4S. The van der Waals surface area contributed by atoms with Crippen LogP contribution in [-0.2, 0) is 16.1 Å². The van der Waals surface area contributed by atoms with Gasteiger partial charge in [0.05, 0.1) is 6.54 Å². The van der Waals surface area contributed by atoms with Crippen LogP contribution in [0.4, 0.5) is 4.79 Å². The average molecular weight is 378 g/mol. The number of primary amides is 1. The summed E-state index contributed by atoms with van der Waals surface area (Å²) in [5, 5.41) is 13.3. The van der Waals surface area contributed by atoms with Crippen LogP contribution in [0.5, 0.6) is 0 Å². The monoisotopic (exact) mass is 377 g/mol. The second-order valence-corrected chi connectivity index (χ2v) is 6.34. The highest BCUT2D eigenvalue weighted by atomic mass is 79.9. The Morgan fingerprint density at radius 3 is 2.67 bits per heavy atom. The Morgan fingerprint density at radius 1 is 1.52 bits per heavy atom. The molecule has 1 aromatic heterocycles. The topological polar surface area (TPSA) is 113 Å². The van der Waals surface area contributed by atoms with Crippen LogP contribution in [0.2, 0.25) is 0 Å². The Bertz CT molecular complexity index is 534. The van der Waals surface area contributed by atoms with Gasteiger partial charge >= 0.3 is 12.0 Å². The third-order valence-corrected chi connectivity index (χ3v) is 4.32. The number of carboxylic acids is 1. The lowest BCUT2D eigenvalue weighted by Crippen LogP contribution is -2.46. The number of aliphatic carboxylic acids is 1. The van der Waals surface area contributed by atoms with Crippen molar-refractivity contribution in [3.63, 3.8) is 0 Å². The van der Waals surface area contributed by atoms with Crippen molar-refractivity contribution in [2.24, 2.45) is 5.73 Å². The molecule has 0 bridgehead atoms. The van der Waals surface area contributed by atoms with E-state index in [1.165, 1.54) is 16.2 Å². The van der Waals surface area contributed by atoms with Crippen LogP contribution >= 0.6 is 27.3 Å². The Balaban J connectivity index is 2.55. The maximum absolute atomic E-state index is 11.9. The summed E-state index contributed by atoms with van der Waals surface area (Å²) in [4.78, 5) is 36.0. The highest BCUT2D eigenvalue weighted by molar-refractivity contribution is 9.10. The minimum atomic E-state index is -1.20. The maximum Gasteiger partial charge on any atom is 0.326 e. The second kappa shape index (κ2) is 7.99. The van der Waals surface area contributed by atoms with Gasteiger partial charge in [0, 0.05) is 28.2 Å². The zero-order valence-corrected chi connectivity index (χ0v) is 13.7. The van der Waals surface area contributed by atoms with Gasteiger partial charge in [-0.3, -0.25) is 4.79 Å². The Morgan fingerprint density at radius 2 is 2.19 bits per heavy atom. The number of amides is 3. The van der Waals surface area contributed by atoms with E-state index in [-0.39, 0.29) is 12.8 Å². The van der Waals surface area contributed by atoms with Crippen LogP contribution in [0.3, 0.4) is 0 Å². The molecule has 0 saturated heterocycles. The number of urea groups is 1. The summed E-state index contributed by atoms with van der Waals surface area (Å²) >= 11 is 4.81. The van der Waals surface area contributed by atoms with E-state index in [2.05, 4.69) is 21.2 Å². The fourth-order valence-electron chi connectivity index (χ4n) is 1.55. The number of carbonyl (C=O) groups is 3. The van der Waals surface area contributed by atoms with Crippen molar-refractivity contribution in [3.8, 4) is 0 Å². The molecule has 3 amide bonds. The Kier molecular flexibility index (Phi) is 6.63. The van der Waals surface area contributed by atoms with E-state index in [4.69, 9.17) is 10.8 Å². The molecule has 0 aromatic carbocycles. The van der Waals surface area contributed by atoms with Gasteiger partial charge in [0.15, 0.2) is 0 Å². The highest BCUT2D eigenvalue weighted by Gasteiger charge is 2.22. The van der Waals surface area contributed by atoms with Crippen LogP contribution in [0.25, 0.3) is 0 Å². The number of nitrogens with zero attached hydrogens (tertiary/aromatic N) is 1. The lowest BCUT2D eigenvalue weighted by atomic mass is 10.1. The van der Waals surface area contributed by atoms with Crippen LogP contribution < -0.4 is 11.1 Å². The summed E-state index contributed by atoms with van der Waals surface area (Å²) in [5.41, 5.74) is 4.98. The molecule has 0 unspecified atom stereocenters. The molecule has 21 heavy (non-hydrogen) atoms. The molecule has 9 heteroatoms. The van der Waals surface area contributed by atoms with Crippen molar-refractivity contribution in [2.45, 2.75) is 25.4 Å². The molecule has 4 N–H and O–H groups in total. The molecule has 7 nitrogen and oxygen atoms in total. The molecular weight excluding hydrogens is 362 g/mol. The number of carboxylic acid groups (broad SMARTS) is 1. The molecule has 0 saturated carbocycles. The normalized spacial score (nSPS) is 11.7. The van der Waals surface area contributed by atoms with Crippen LogP contribution in [0.15, 0.2) is 15.9 Å². The molecule has 0 fully saturated rings. The van der Waals surface area contributed by atoms with Crippen molar-refractivity contribution in [1.82, 2.24) is 10.2 Å². The molecule has 0 aliphatic heterocycles. The summed E-state index contributed by atoms with van der Waals surface area (Å²) in [7, 11) is 1.57. The molecule has 116 valence electrons. The third kappa shape index (κ3) is 6.13. The number of thiophene rings is 1. The molecule has 0 aliphatic rings. The number of hydrogen-bond acceptors (Lipinski definition) is 4. The van der Waals surface area contributed by atoms with E-state index in [0.29, 0.717) is 6.54 Å². The summed E-state index contributed by atoms with van der Waals surface area (Å²) in [6, 6.07) is 0.231. The van der Waals surface area contributed by atoms with Gasteiger partial charge < -0.3 is 21.1 Å². The predicted molar refractivity (Wildman–Crippen MR) is 81.9 cm³/mol. The largest absolute Gasteiger partial charge is 0.480 e. The Hall–Kier alpha value is -1.61. The van der Waals surface area contributed by atoms with Crippen molar-refractivity contribution in [3.05, 3.63) is 20.8 Å². The van der Waals surface area contributed by atoms with E-state index in [9.17, 15) is 14.4 Å². The lowest BCUT2D eigenvalue weighted by molar-refractivity contribution is -0.139. The SMILES string of the molecule is CN(Cc1cc(Br)cs1)C(=O)N[C@@H](CCC(N)=O)C(=O)O. The van der Waals surface area contributed by atoms with Gasteiger partial charge in [-0.1, -0.05) is 0 Å². The number of nitrogens with one attached hydrogen (secondary N) is 1. The minimum Gasteiger partial charge on any atom is -0.480 e. The first-order chi connectivity index (χ1) is 9.79. The van der Waals surface area contributed by atoms with E-state index in [0.717, 1.165) is 9.35 Å². The summed E-state index contributed by atoms with van der Waals surface area (Å²) < 4.78 is 0.932. The first-order valence-corrected chi connectivity index (χ1v) is 7.72. The quantitative estimate of drug-likeness (QED) is 0.665. The molecule has 0 radical (unpaired) electrons. The maximum atomic E-state index is 11.9. The van der Waals surface area contributed by atoms with Gasteiger partial charge in [-0.15, -0.1) is 11.3 Å². The van der Waals surface area contributed by atoms with E-state index < -0.39 is 23.9 Å². The number of rotatable bonds is 7. The second-order valence-electron chi connectivity index (χ2n) is 4.43. The standard InChI is InChI=1S/C12H16BrN3O4S/c1-16(5-8-4-7(13)6-21-8)12(20)15-9(11(18)19)2-3-10(14)17/h4,6,9H,2-3,5H2,1H3,(H2,14,17)(H,15,20)(H,18,19)/t9-/m0/s1. The van der Waals surface area contributed by atoms with Crippen LogP contribution in [0.1, 0.15) is 17.7 Å². The van der Waals surface area contributed by atoms with Crippen molar-refractivity contribution in [1.29, 1.82) is 0 Å². The van der Waals surface area contributed by atoms with Gasteiger partial charge in [0.2, 0.25) is 5.91 Å². The van der Waals surface area contributed by atoms with Crippen LogP contribution in [-0.4, -0.2) is 41.0 Å². The minimum absolute atomic E-state index is 0.0329. The van der Waals surface area contributed by atoms with Gasteiger partial charge in [-0.2, -0.15) is 0 Å². The summed E-state index contributed by atoms with van der Waals surface area (Å²) in [5.74, 6) is -1.80. The van der Waals surface area contributed by atoms with E-state index >= 15 is 0 Å². The Labute approximate surface area is 134 Å². The molecule has 0 spiro atoms. The molecule has 1 rings (SSSR count). The molecule has 0 aliphatic carbocycles. The van der Waals surface area contributed by atoms with Gasteiger partial charge in [0.1, 0.15) is 6.04 Å². The lowest BCUT2D eigenvalue weighted by Gasteiger charge is -2.20.